The minimum Gasteiger partial charge on any atom is -0.465 e. The van der Waals surface area contributed by atoms with Crippen LogP contribution < -0.4 is 10.5 Å². The molecule has 0 saturated carbocycles. The first-order chi connectivity index (χ1) is 19.0. The van der Waals surface area contributed by atoms with Crippen molar-refractivity contribution in [2.45, 2.75) is 33.4 Å². The van der Waals surface area contributed by atoms with Crippen molar-refractivity contribution in [2.75, 3.05) is 25.4 Å². The number of piperazine rings is 1. The van der Waals surface area contributed by atoms with Gasteiger partial charge in [0.2, 0.25) is 0 Å². The Labute approximate surface area is 229 Å². The topological polar surface area (TPSA) is 153 Å². The average molecular weight is 549 g/mol. The Balaban J connectivity index is 1.40. The van der Waals surface area contributed by atoms with Gasteiger partial charge in [0.25, 0.3) is 0 Å². The molecule has 40 heavy (non-hydrogen) atoms. The van der Waals surface area contributed by atoms with Gasteiger partial charge in [-0.3, -0.25) is 0 Å². The fourth-order valence-electron chi connectivity index (χ4n) is 4.72. The third-order valence-electron chi connectivity index (χ3n) is 6.86. The maximum absolute atomic E-state index is 14.3. The van der Waals surface area contributed by atoms with Gasteiger partial charge in [-0.15, -0.1) is 0 Å². The first kappa shape index (κ1) is 26.8. The molecule has 1 aliphatic heterocycles. The second kappa shape index (κ2) is 10.4. The molecule has 13 heteroatoms. The molecular weight excluding hydrogens is 519 g/mol. The smallest absolute Gasteiger partial charge is 0.415 e. The van der Waals surface area contributed by atoms with E-state index in [0.29, 0.717) is 22.3 Å². The number of nitrogen functional groups attached to an aromatic ring is 1. The third-order valence-corrected chi connectivity index (χ3v) is 6.86. The van der Waals surface area contributed by atoms with E-state index >= 15 is 0 Å². The molecule has 1 aromatic carbocycles. The molecule has 4 aromatic rings. The zero-order valence-corrected chi connectivity index (χ0v) is 22.3. The van der Waals surface area contributed by atoms with Gasteiger partial charge in [-0.2, -0.15) is 5.10 Å². The van der Waals surface area contributed by atoms with Crippen molar-refractivity contribution in [3.05, 3.63) is 60.2 Å². The van der Waals surface area contributed by atoms with Gasteiger partial charge in [0, 0.05) is 31.4 Å². The molecule has 4 heterocycles. The Hall–Kier alpha value is -4.81. The number of ether oxygens (including phenoxy) is 1. The Bertz CT molecular complexity index is 1580. The van der Waals surface area contributed by atoms with Crippen LogP contribution in [-0.2, 0) is 6.54 Å². The van der Waals surface area contributed by atoms with E-state index < -0.39 is 23.6 Å². The van der Waals surface area contributed by atoms with Crippen LogP contribution in [0.3, 0.4) is 0 Å². The number of benzene rings is 1. The number of nitrogens with two attached hydrogens (primary N) is 1. The normalized spacial score (nSPS) is 15.8. The molecule has 1 saturated heterocycles. The van der Waals surface area contributed by atoms with E-state index in [2.05, 4.69) is 20.1 Å². The number of hydrogen-bond donors (Lipinski definition) is 2. The Morgan fingerprint density at radius 3 is 2.62 bits per heavy atom. The predicted octanol–water partition coefficient (Wildman–Crippen LogP) is 3.87. The SMILES string of the molecule is CC(C)(C)C1CN(C(=O)O)CCN1C(=O)Oc1cnc(-c2nn(Cc3ccccc3F)c3ncccc23)nc1N. The van der Waals surface area contributed by atoms with E-state index in [1.807, 2.05) is 20.8 Å². The lowest BCUT2D eigenvalue weighted by molar-refractivity contribution is 0.0270. The second-order valence-electron chi connectivity index (χ2n) is 10.6. The number of amides is 2. The molecule has 1 unspecified atom stereocenters. The summed E-state index contributed by atoms with van der Waals surface area (Å²) >= 11 is 0. The Morgan fingerprint density at radius 1 is 1.15 bits per heavy atom. The molecular formula is C27H29FN8O4. The lowest BCUT2D eigenvalue weighted by Gasteiger charge is -2.45. The van der Waals surface area contributed by atoms with Crippen LogP contribution in [0.15, 0.2) is 48.8 Å². The van der Waals surface area contributed by atoms with Crippen LogP contribution in [0.5, 0.6) is 5.75 Å². The van der Waals surface area contributed by atoms with Gasteiger partial charge in [0.15, 0.2) is 23.0 Å². The molecule has 3 N–H and O–H groups in total. The molecule has 2 amide bonds. The van der Waals surface area contributed by atoms with Crippen molar-refractivity contribution in [3.8, 4) is 17.3 Å². The van der Waals surface area contributed by atoms with Crippen LogP contribution in [-0.4, -0.2) is 77.5 Å². The summed E-state index contributed by atoms with van der Waals surface area (Å²) in [6.07, 6.45) is 1.21. The van der Waals surface area contributed by atoms with Gasteiger partial charge in [-0.05, 0) is 23.6 Å². The first-order valence-corrected chi connectivity index (χ1v) is 12.7. The monoisotopic (exact) mass is 548 g/mol. The van der Waals surface area contributed by atoms with Gasteiger partial charge in [0.05, 0.1) is 24.2 Å². The summed E-state index contributed by atoms with van der Waals surface area (Å²) in [4.78, 5) is 40.6. The number of nitrogens with zero attached hydrogens (tertiary/aromatic N) is 7. The number of aromatic nitrogens is 5. The minimum absolute atomic E-state index is 0.0321. The molecule has 0 aliphatic carbocycles. The van der Waals surface area contributed by atoms with E-state index in [1.165, 1.54) is 22.1 Å². The highest BCUT2D eigenvalue weighted by molar-refractivity contribution is 5.89. The van der Waals surface area contributed by atoms with Crippen molar-refractivity contribution in [1.29, 1.82) is 0 Å². The fraction of sp³-hybridized carbons (Fsp3) is 0.333. The number of carboxylic acid groups (broad SMARTS) is 1. The summed E-state index contributed by atoms with van der Waals surface area (Å²) in [5, 5.41) is 14.7. The largest absolute Gasteiger partial charge is 0.465 e. The molecule has 0 spiro atoms. The number of fused-ring (bicyclic) bond motifs is 1. The van der Waals surface area contributed by atoms with E-state index in [-0.39, 0.29) is 49.4 Å². The molecule has 1 atom stereocenters. The maximum atomic E-state index is 14.3. The third kappa shape index (κ3) is 5.22. The van der Waals surface area contributed by atoms with Gasteiger partial charge in [-0.25, -0.2) is 33.6 Å². The van der Waals surface area contributed by atoms with Crippen molar-refractivity contribution in [2.24, 2.45) is 5.41 Å². The van der Waals surface area contributed by atoms with Gasteiger partial charge < -0.3 is 25.4 Å². The highest BCUT2D eigenvalue weighted by Gasteiger charge is 2.40. The number of hydrogen-bond acceptors (Lipinski definition) is 8. The maximum Gasteiger partial charge on any atom is 0.415 e. The molecule has 0 radical (unpaired) electrons. The molecule has 208 valence electrons. The van der Waals surface area contributed by atoms with Crippen LogP contribution in [0.25, 0.3) is 22.6 Å². The number of rotatable bonds is 4. The lowest BCUT2D eigenvalue weighted by atomic mass is 9.84. The van der Waals surface area contributed by atoms with Gasteiger partial charge in [0.1, 0.15) is 11.5 Å². The van der Waals surface area contributed by atoms with Crippen LogP contribution in [0.2, 0.25) is 0 Å². The Morgan fingerprint density at radius 2 is 1.93 bits per heavy atom. The molecule has 0 bridgehead atoms. The number of halogens is 1. The number of pyridine rings is 1. The summed E-state index contributed by atoms with van der Waals surface area (Å²) in [7, 11) is 0. The summed E-state index contributed by atoms with van der Waals surface area (Å²) < 4.78 is 21.5. The average Bonchev–Trinajstić information content (AvgIpc) is 3.28. The number of carbonyl (C=O) groups is 2. The molecule has 1 aliphatic rings. The van der Waals surface area contributed by atoms with Gasteiger partial charge >= 0.3 is 12.2 Å². The minimum atomic E-state index is -1.03. The van der Waals surface area contributed by atoms with Crippen LogP contribution in [0.4, 0.5) is 19.8 Å². The molecule has 12 nitrogen and oxygen atoms in total. The van der Waals surface area contributed by atoms with E-state index in [0.717, 1.165) is 0 Å². The van der Waals surface area contributed by atoms with E-state index in [4.69, 9.17) is 10.5 Å². The number of anilines is 1. The summed E-state index contributed by atoms with van der Waals surface area (Å²) in [5.74, 6) is -0.274. The van der Waals surface area contributed by atoms with Crippen molar-refractivity contribution in [1.82, 2.24) is 34.5 Å². The molecule has 5 rings (SSSR count). The first-order valence-electron chi connectivity index (χ1n) is 12.7. The highest BCUT2D eigenvalue weighted by Crippen LogP contribution is 2.31. The van der Waals surface area contributed by atoms with Gasteiger partial charge in [-0.1, -0.05) is 39.0 Å². The quantitative estimate of drug-likeness (QED) is 0.387. The zero-order chi connectivity index (χ0) is 28.6. The summed E-state index contributed by atoms with van der Waals surface area (Å²) in [6, 6.07) is 9.56. The van der Waals surface area contributed by atoms with Crippen LogP contribution in [0.1, 0.15) is 26.3 Å². The summed E-state index contributed by atoms with van der Waals surface area (Å²) in [5.41, 5.74) is 7.13. The molecule has 1 fully saturated rings. The Kier molecular flexibility index (Phi) is 6.96. The highest BCUT2D eigenvalue weighted by atomic mass is 19.1. The fourth-order valence-corrected chi connectivity index (χ4v) is 4.72. The van der Waals surface area contributed by atoms with Crippen LogP contribution >= 0.6 is 0 Å². The lowest BCUT2D eigenvalue weighted by Crippen LogP contribution is -2.61. The standard InChI is InChI=1S/C27H29FN8O4/c1-27(2,3)20-15-34(25(37)38)11-12-35(20)26(39)40-19-13-31-23(32-22(19)29)21-17-8-6-10-30-24(17)36(33-21)14-16-7-4-5-9-18(16)28/h4-10,13,20H,11-12,14-15H2,1-3H3,(H,37,38)(H2,29,31,32). The van der Waals surface area contributed by atoms with Crippen molar-refractivity contribution >= 4 is 29.0 Å². The van der Waals surface area contributed by atoms with Crippen molar-refractivity contribution < 1.29 is 23.8 Å². The van der Waals surface area contributed by atoms with E-state index in [1.54, 1.807) is 41.2 Å². The second-order valence-corrected chi connectivity index (χ2v) is 10.6. The predicted molar refractivity (Wildman–Crippen MR) is 144 cm³/mol. The molecule has 3 aromatic heterocycles. The van der Waals surface area contributed by atoms with Crippen molar-refractivity contribution in [3.63, 3.8) is 0 Å². The summed E-state index contributed by atoms with van der Waals surface area (Å²) in [6.45, 7) is 6.44. The van der Waals surface area contributed by atoms with Crippen LogP contribution in [0, 0.1) is 11.2 Å². The number of carbonyl (C=O) groups excluding carboxylic acids is 1. The zero-order valence-electron chi connectivity index (χ0n) is 22.3. The van der Waals surface area contributed by atoms with E-state index in [9.17, 15) is 19.1 Å².